The van der Waals surface area contributed by atoms with E-state index in [0.717, 1.165) is 0 Å². The van der Waals surface area contributed by atoms with E-state index in [1.54, 1.807) is 37.3 Å². The summed E-state index contributed by atoms with van der Waals surface area (Å²) in [4.78, 5) is 35.8. The fraction of sp³-hybridized carbons (Fsp3) is 0.400. The molecule has 0 saturated heterocycles. The van der Waals surface area contributed by atoms with Crippen molar-refractivity contribution in [2.75, 3.05) is 18.5 Å². The number of hydrogen-bond acceptors (Lipinski definition) is 5. The van der Waals surface area contributed by atoms with Gasteiger partial charge in [-0.25, -0.2) is 0 Å². The van der Waals surface area contributed by atoms with Crippen molar-refractivity contribution >= 4 is 23.5 Å². The predicted molar refractivity (Wildman–Crippen MR) is 76.4 cm³/mol. The largest absolute Gasteiger partial charge is 0.465 e. The van der Waals surface area contributed by atoms with Gasteiger partial charge in [0.25, 0.3) is 0 Å². The number of carbonyl (C=O) groups excluding carboxylic acids is 3. The molecule has 0 saturated carbocycles. The molecular formula is C15H19NO5. The normalized spacial score (nSPS) is 11.3. The third-order valence-electron chi connectivity index (χ3n) is 2.51. The van der Waals surface area contributed by atoms with E-state index in [-0.39, 0.29) is 13.2 Å². The molecule has 0 aliphatic carbocycles. The predicted octanol–water partition coefficient (Wildman–Crippen LogP) is 1.76. The molecule has 1 aromatic carbocycles. The van der Waals surface area contributed by atoms with E-state index in [4.69, 9.17) is 9.47 Å². The minimum atomic E-state index is -1.61. The molecule has 1 N–H and O–H groups in total. The van der Waals surface area contributed by atoms with E-state index >= 15 is 0 Å². The Morgan fingerprint density at radius 3 is 2.24 bits per heavy atom. The van der Waals surface area contributed by atoms with Crippen LogP contribution in [0.2, 0.25) is 0 Å². The minimum Gasteiger partial charge on any atom is -0.465 e. The maximum atomic E-state index is 12.1. The highest BCUT2D eigenvalue weighted by atomic mass is 16.6. The lowest BCUT2D eigenvalue weighted by Gasteiger charge is -2.14. The van der Waals surface area contributed by atoms with Gasteiger partial charge in [-0.1, -0.05) is 25.1 Å². The molecule has 0 aromatic heterocycles. The van der Waals surface area contributed by atoms with Gasteiger partial charge in [0.15, 0.2) is 0 Å². The highest BCUT2D eigenvalue weighted by Gasteiger charge is 2.37. The first-order valence-electron chi connectivity index (χ1n) is 6.79. The first kappa shape index (κ1) is 16.7. The van der Waals surface area contributed by atoms with Gasteiger partial charge in [-0.2, -0.15) is 0 Å². The zero-order valence-electron chi connectivity index (χ0n) is 12.1. The average molecular weight is 293 g/mol. The summed E-state index contributed by atoms with van der Waals surface area (Å²) < 4.78 is 9.64. The monoisotopic (exact) mass is 293 g/mol. The molecular weight excluding hydrogens is 274 g/mol. The molecule has 1 unspecified atom stereocenters. The number of benzene rings is 1. The summed E-state index contributed by atoms with van der Waals surface area (Å²) in [6.07, 6.45) is 0.599. The van der Waals surface area contributed by atoms with Gasteiger partial charge in [0.2, 0.25) is 11.8 Å². The summed E-state index contributed by atoms with van der Waals surface area (Å²) in [5, 5.41) is 2.50. The van der Waals surface area contributed by atoms with Crippen LogP contribution in [0.25, 0.3) is 0 Å². The van der Waals surface area contributed by atoms with Crippen molar-refractivity contribution in [1.82, 2.24) is 0 Å². The number of para-hydroxylation sites is 1. The van der Waals surface area contributed by atoms with Gasteiger partial charge in [0, 0.05) is 5.69 Å². The van der Waals surface area contributed by atoms with Gasteiger partial charge in [-0.15, -0.1) is 0 Å². The van der Waals surface area contributed by atoms with E-state index in [0.29, 0.717) is 12.1 Å². The van der Waals surface area contributed by atoms with Crippen molar-refractivity contribution in [2.24, 2.45) is 5.92 Å². The lowest BCUT2D eigenvalue weighted by atomic mass is 10.1. The second-order valence-electron chi connectivity index (χ2n) is 4.21. The van der Waals surface area contributed by atoms with E-state index in [1.807, 2.05) is 6.92 Å². The first-order valence-corrected chi connectivity index (χ1v) is 6.79. The van der Waals surface area contributed by atoms with Crippen molar-refractivity contribution < 1.29 is 23.9 Å². The minimum absolute atomic E-state index is 0.0784. The lowest BCUT2D eigenvalue weighted by molar-refractivity contribution is -0.163. The van der Waals surface area contributed by atoms with Crippen LogP contribution in [0, 0.1) is 5.92 Å². The summed E-state index contributed by atoms with van der Waals surface area (Å²) in [6.45, 7) is 3.64. The molecule has 0 aliphatic rings. The Hall–Kier alpha value is -2.37. The fourth-order valence-electron chi connectivity index (χ4n) is 1.56. The average Bonchev–Trinajstić information content (AvgIpc) is 2.46. The Balaban J connectivity index is 2.81. The van der Waals surface area contributed by atoms with Crippen LogP contribution in [0.3, 0.4) is 0 Å². The van der Waals surface area contributed by atoms with Crippen molar-refractivity contribution in [3.8, 4) is 0 Å². The third kappa shape index (κ3) is 5.25. The number of rotatable bonds is 7. The smallest absolute Gasteiger partial charge is 0.330 e. The second kappa shape index (κ2) is 8.73. The van der Waals surface area contributed by atoms with E-state index in [9.17, 15) is 14.4 Å². The molecule has 0 aliphatic heterocycles. The molecule has 6 nitrogen and oxygen atoms in total. The van der Waals surface area contributed by atoms with Gasteiger partial charge in [0.1, 0.15) is 0 Å². The molecule has 21 heavy (non-hydrogen) atoms. The van der Waals surface area contributed by atoms with Crippen LogP contribution in [0.5, 0.6) is 0 Å². The SMILES string of the molecule is CCCOC(=O)C(C(=O)Nc1ccccc1)C(=O)OCC. The summed E-state index contributed by atoms with van der Waals surface area (Å²) in [5.41, 5.74) is 0.486. The van der Waals surface area contributed by atoms with Crippen LogP contribution in [-0.4, -0.2) is 31.1 Å². The van der Waals surface area contributed by atoms with Crippen LogP contribution in [0.15, 0.2) is 30.3 Å². The first-order chi connectivity index (χ1) is 10.1. The molecule has 1 aromatic rings. The zero-order valence-corrected chi connectivity index (χ0v) is 12.1. The highest BCUT2D eigenvalue weighted by molar-refractivity contribution is 6.18. The van der Waals surface area contributed by atoms with E-state index in [2.05, 4.69) is 5.32 Å². The number of anilines is 1. The van der Waals surface area contributed by atoms with Gasteiger partial charge < -0.3 is 14.8 Å². The highest BCUT2D eigenvalue weighted by Crippen LogP contribution is 2.11. The summed E-state index contributed by atoms with van der Waals surface area (Å²) in [7, 11) is 0. The van der Waals surface area contributed by atoms with Crippen molar-refractivity contribution in [3.05, 3.63) is 30.3 Å². The molecule has 0 bridgehead atoms. The summed E-state index contributed by atoms with van der Waals surface area (Å²) in [5.74, 6) is -4.19. The van der Waals surface area contributed by atoms with Gasteiger partial charge in [-0.3, -0.25) is 14.4 Å². The van der Waals surface area contributed by atoms with Crippen LogP contribution < -0.4 is 5.32 Å². The maximum absolute atomic E-state index is 12.1. The molecule has 6 heteroatoms. The number of hydrogen-bond donors (Lipinski definition) is 1. The van der Waals surface area contributed by atoms with Crippen molar-refractivity contribution in [2.45, 2.75) is 20.3 Å². The Kier molecular flexibility index (Phi) is 6.94. The van der Waals surface area contributed by atoms with Crippen molar-refractivity contribution in [3.63, 3.8) is 0 Å². The number of ether oxygens (including phenoxy) is 2. The number of esters is 2. The van der Waals surface area contributed by atoms with E-state index < -0.39 is 23.8 Å². The number of nitrogens with one attached hydrogen (secondary N) is 1. The van der Waals surface area contributed by atoms with E-state index in [1.165, 1.54) is 0 Å². The maximum Gasteiger partial charge on any atom is 0.330 e. The van der Waals surface area contributed by atoms with Gasteiger partial charge in [-0.05, 0) is 25.5 Å². The summed E-state index contributed by atoms with van der Waals surface area (Å²) in [6, 6.07) is 8.54. The molecule has 0 spiro atoms. The van der Waals surface area contributed by atoms with Gasteiger partial charge >= 0.3 is 11.9 Å². The van der Waals surface area contributed by atoms with Crippen LogP contribution in [0.4, 0.5) is 5.69 Å². The lowest BCUT2D eigenvalue weighted by Crippen LogP contribution is -2.38. The molecule has 114 valence electrons. The topological polar surface area (TPSA) is 81.7 Å². The molecule has 1 atom stereocenters. The number of carbonyl (C=O) groups is 3. The molecule has 1 rings (SSSR count). The fourth-order valence-corrected chi connectivity index (χ4v) is 1.56. The third-order valence-corrected chi connectivity index (χ3v) is 2.51. The Morgan fingerprint density at radius 1 is 1.05 bits per heavy atom. The zero-order chi connectivity index (χ0) is 15.7. The summed E-state index contributed by atoms with van der Waals surface area (Å²) >= 11 is 0. The van der Waals surface area contributed by atoms with Crippen LogP contribution in [-0.2, 0) is 23.9 Å². The molecule has 0 fully saturated rings. The Bertz CT molecular complexity index is 486. The van der Waals surface area contributed by atoms with Gasteiger partial charge in [0.05, 0.1) is 13.2 Å². The Labute approximate surface area is 123 Å². The molecule has 0 heterocycles. The Morgan fingerprint density at radius 2 is 1.67 bits per heavy atom. The van der Waals surface area contributed by atoms with Crippen LogP contribution in [0.1, 0.15) is 20.3 Å². The number of amides is 1. The second-order valence-corrected chi connectivity index (χ2v) is 4.21. The molecule has 0 radical (unpaired) electrons. The van der Waals surface area contributed by atoms with Crippen molar-refractivity contribution in [1.29, 1.82) is 0 Å². The molecule has 1 amide bonds. The standard InChI is InChI=1S/C15H19NO5/c1-3-10-21-15(19)12(14(18)20-4-2)13(17)16-11-8-6-5-7-9-11/h5-9,12H,3-4,10H2,1-2H3,(H,16,17). The van der Waals surface area contributed by atoms with Crippen LogP contribution >= 0.6 is 0 Å². The quantitative estimate of drug-likeness (QED) is 0.612.